The standard InChI is InChI=1S/C22H26ClN3O6S/c1-3-25(4-2)19-6-5-16(33(28,29)26-7-9-30-10-8-26)13-18(19)24-22(27)15-11-17(23)21-20(12-15)31-14-32-21/h5-6,11-13H,3-4,7-10,14H2,1-2H3,(H,24,27). The number of hydrogen-bond acceptors (Lipinski definition) is 7. The molecule has 4 rings (SSSR count). The van der Waals surface area contributed by atoms with Gasteiger partial charge in [0.1, 0.15) is 0 Å². The monoisotopic (exact) mass is 495 g/mol. The number of morpholine rings is 1. The summed E-state index contributed by atoms with van der Waals surface area (Å²) in [5.41, 5.74) is 1.39. The average Bonchev–Trinajstić information content (AvgIpc) is 3.30. The lowest BCUT2D eigenvalue weighted by molar-refractivity contribution is 0.0730. The second-order valence-corrected chi connectivity index (χ2v) is 9.86. The molecule has 1 saturated heterocycles. The van der Waals surface area contributed by atoms with Gasteiger partial charge in [-0.05, 0) is 44.2 Å². The van der Waals surface area contributed by atoms with Crippen LogP contribution in [-0.4, -0.2) is 64.8 Å². The van der Waals surface area contributed by atoms with Crippen molar-refractivity contribution in [2.75, 3.05) is 56.4 Å². The lowest BCUT2D eigenvalue weighted by Gasteiger charge is -2.28. The Bertz CT molecular complexity index is 1150. The molecule has 2 heterocycles. The van der Waals surface area contributed by atoms with E-state index in [-0.39, 0.29) is 35.4 Å². The van der Waals surface area contributed by atoms with Gasteiger partial charge in [0.15, 0.2) is 11.5 Å². The van der Waals surface area contributed by atoms with Gasteiger partial charge in [0.2, 0.25) is 16.8 Å². The Morgan fingerprint density at radius 3 is 2.55 bits per heavy atom. The molecule has 1 N–H and O–H groups in total. The van der Waals surface area contributed by atoms with E-state index >= 15 is 0 Å². The maximum Gasteiger partial charge on any atom is 0.255 e. The molecule has 2 aliphatic rings. The zero-order chi connectivity index (χ0) is 23.6. The molecule has 9 nitrogen and oxygen atoms in total. The lowest BCUT2D eigenvalue weighted by Crippen LogP contribution is -2.40. The average molecular weight is 496 g/mol. The highest BCUT2D eigenvalue weighted by Crippen LogP contribution is 2.40. The molecule has 178 valence electrons. The summed E-state index contributed by atoms with van der Waals surface area (Å²) in [5, 5.41) is 3.13. The molecule has 2 aliphatic heterocycles. The molecular weight excluding hydrogens is 470 g/mol. The summed E-state index contributed by atoms with van der Waals surface area (Å²) in [4.78, 5) is 15.3. The van der Waals surface area contributed by atoms with Gasteiger partial charge in [-0.2, -0.15) is 4.31 Å². The first-order valence-corrected chi connectivity index (χ1v) is 12.5. The molecule has 11 heteroatoms. The largest absolute Gasteiger partial charge is 0.454 e. The zero-order valence-electron chi connectivity index (χ0n) is 18.5. The zero-order valence-corrected chi connectivity index (χ0v) is 20.0. The Morgan fingerprint density at radius 2 is 1.85 bits per heavy atom. The molecule has 0 radical (unpaired) electrons. The van der Waals surface area contributed by atoms with Gasteiger partial charge in [-0.15, -0.1) is 0 Å². The summed E-state index contributed by atoms with van der Waals surface area (Å²) in [6.45, 7) is 6.67. The van der Waals surface area contributed by atoms with Gasteiger partial charge in [-0.3, -0.25) is 4.79 Å². The van der Waals surface area contributed by atoms with Crippen molar-refractivity contribution in [3.63, 3.8) is 0 Å². The molecule has 0 saturated carbocycles. The van der Waals surface area contributed by atoms with Crippen LogP contribution in [0.4, 0.5) is 11.4 Å². The number of carbonyl (C=O) groups is 1. The number of rotatable bonds is 7. The minimum atomic E-state index is -3.73. The number of benzene rings is 2. The first-order chi connectivity index (χ1) is 15.8. The molecule has 0 bridgehead atoms. The number of nitrogens with zero attached hydrogens (tertiary/aromatic N) is 2. The summed E-state index contributed by atoms with van der Waals surface area (Å²) in [5.74, 6) is 0.348. The third-order valence-electron chi connectivity index (χ3n) is 5.62. The van der Waals surface area contributed by atoms with Crippen molar-refractivity contribution in [2.24, 2.45) is 0 Å². The van der Waals surface area contributed by atoms with Crippen LogP contribution in [0.2, 0.25) is 5.02 Å². The van der Waals surface area contributed by atoms with Crippen molar-refractivity contribution in [3.05, 3.63) is 40.9 Å². The number of carbonyl (C=O) groups excluding carboxylic acids is 1. The number of nitrogens with one attached hydrogen (secondary N) is 1. The second-order valence-electron chi connectivity index (χ2n) is 7.51. The van der Waals surface area contributed by atoms with Gasteiger partial charge in [0.05, 0.1) is 34.5 Å². The van der Waals surface area contributed by atoms with Crippen LogP contribution in [0.3, 0.4) is 0 Å². The molecule has 33 heavy (non-hydrogen) atoms. The number of fused-ring (bicyclic) bond motifs is 1. The third-order valence-corrected chi connectivity index (χ3v) is 7.79. The molecule has 2 aromatic carbocycles. The quantitative estimate of drug-likeness (QED) is 0.630. The van der Waals surface area contributed by atoms with Crippen molar-refractivity contribution in [2.45, 2.75) is 18.7 Å². The van der Waals surface area contributed by atoms with Crippen molar-refractivity contribution < 1.29 is 27.4 Å². The number of ether oxygens (including phenoxy) is 3. The molecule has 0 spiro atoms. The predicted octanol–water partition coefficient (Wildman–Crippen LogP) is 3.19. The smallest absolute Gasteiger partial charge is 0.255 e. The van der Waals surface area contributed by atoms with Crippen LogP contribution < -0.4 is 19.7 Å². The number of sulfonamides is 1. The Morgan fingerprint density at radius 1 is 1.12 bits per heavy atom. The maximum absolute atomic E-state index is 13.2. The molecular formula is C22H26ClN3O6S. The predicted molar refractivity (Wildman–Crippen MR) is 125 cm³/mol. The van der Waals surface area contributed by atoms with Crippen LogP contribution in [0.1, 0.15) is 24.2 Å². The van der Waals surface area contributed by atoms with Gasteiger partial charge >= 0.3 is 0 Å². The molecule has 0 unspecified atom stereocenters. The number of amides is 1. The van der Waals surface area contributed by atoms with E-state index in [0.29, 0.717) is 43.5 Å². The van der Waals surface area contributed by atoms with Crippen LogP contribution in [0.5, 0.6) is 11.5 Å². The van der Waals surface area contributed by atoms with Gasteiger partial charge in [-0.25, -0.2) is 8.42 Å². The molecule has 0 atom stereocenters. The van der Waals surface area contributed by atoms with Crippen molar-refractivity contribution in [3.8, 4) is 11.5 Å². The highest BCUT2D eigenvalue weighted by Gasteiger charge is 2.28. The Kier molecular flexibility index (Phi) is 6.99. The van der Waals surface area contributed by atoms with Crippen molar-refractivity contribution >= 4 is 38.9 Å². The van der Waals surface area contributed by atoms with Crippen molar-refractivity contribution in [1.29, 1.82) is 0 Å². The molecule has 2 aromatic rings. The van der Waals surface area contributed by atoms with Crippen LogP contribution in [0.15, 0.2) is 35.2 Å². The molecule has 0 aromatic heterocycles. The van der Waals surface area contributed by atoms with E-state index < -0.39 is 15.9 Å². The summed E-state index contributed by atoms with van der Waals surface area (Å²) < 4.78 is 43.7. The van der Waals surface area contributed by atoms with E-state index in [4.69, 9.17) is 25.8 Å². The van der Waals surface area contributed by atoms with Gasteiger partial charge in [-0.1, -0.05) is 11.6 Å². The first kappa shape index (κ1) is 23.6. The van der Waals surface area contributed by atoms with Crippen LogP contribution >= 0.6 is 11.6 Å². The van der Waals surface area contributed by atoms with E-state index in [0.717, 1.165) is 5.69 Å². The summed E-state index contributed by atoms with van der Waals surface area (Å²) >= 11 is 6.23. The van der Waals surface area contributed by atoms with Crippen LogP contribution in [0, 0.1) is 0 Å². The number of anilines is 2. The van der Waals surface area contributed by atoms with E-state index in [1.807, 2.05) is 18.7 Å². The fourth-order valence-corrected chi connectivity index (χ4v) is 5.54. The first-order valence-electron chi connectivity index (χ1n) is 10.7. The van der Waals surface area contributed by atoms with Gasteiger partial charge in [0.25, 0.3) is 5.91 Å². The van der Waals surface area contributed by atoms with E-state index in [9.17, 15) is 13.2 Å². The van der Waals surface area contributed by atoms with E-state index in [1.54, 1.807) is 18.2 Å². The normalized spacial score (nSPS) is 16.0. The van der Waals surface area contributed by atoms with Crippen LogP contribution in [0.25, 0.3) is 0 Å². The highest BCUT2D eigenvalue weighted by atomic mass is 35.5. The van der Waals surface area contributed by atoms with Crippen LogP contribution in [-0.2, 0) is 14.8 Å². The Hall–Kier alpha value is -2.53. The van der Waals surface area contributed by atoms with E-state index in [1.165, 1.54) is 16.4 Å². The highest BCUT2D eigenvalue weighted by molar-refractivity contribution is 7.89. The minimum Gasteiger partial charge on any atom is -0.454 e. The number of hydrogen-bond donors (Lipinski definition) is 1. The van der Waals surface area contributed by atoms with Gasteiger partial charge in [0, 0.05) is 31.7 Å². The topological polar surface area (TPSA) is 97.4 Å². The molecule has 1 fully saturated rings. The Labute approximate surface area is 198 Å². The van der Waals surface area contributed by atoms with Crippen molar-refractivity contribution in [1.82, 2.24) is 4.31 Å². The fourth-order valence-electron chi connectivity index (χ4n) is 3.84. The molecule has 0 aliphatic carbocycles. The SMILES string of the molecule is CCN(CC)c1ccc(S(=O)(=O)N2CCOCC2)cc1NC(=O)c1cc(Cl)c2c(c1)OCO2. The lowest BCUT2D eigenvalue weighted by atomic mass is 10.1. The van der Waals surface area contributed by atoms with Gasteiger partial charge < -0.3 is 24.4 Å². The maximum atomic E-state index is 13.2. The Balaban J connectivity index is 1.69. The third kappa shape index (κ3) is 4.74. The van der Waals surface area contributed by atoms with E-state index in [2.05, 4.69) is 5.32 Å². The minimum absolute atomic E-state index is 0.0354. The summed E-state index contributed by atoms with van der Waals surface area (Å²) in [6.07, 6.45) is 0. The second kappa shape index (κ2) is 9.76. The molecule has 1 amide bonds. The number of halogens is 1. The summed E-state index contributed by atoms with van der Waals surface area (Å²) in [7, 11) is -3.73. The summed E-state index contributed by atoms with van der Waals surface area (Å²) in [6, 6.07) is 7.85. The fraction of sp³-hybridized carbons (Fsp3) is 0.409.